The molecule has 3 N–H and O–H groups in total. The molecule has 3 rings (SSSR count). The molecular formula is C16H17N5. The van der Waals surface area contributed by atoms with Crippen LogP contribution in [0.5, 0.6) is 0 Å². The second-order valence-electron chi connectivity index (χ2n) is 4.97. The fourth-order valence-electron chi connectivity index (χ4n) is 2.15. The molecule has 0 saturated carbocycles. The van der Waals surface area contributed by atoms with Gasteiger partial charge in [-0.1, -0.05) is 30.3 Å². The van der Waals surface area contributed by atoms with Crippen LogP contribution in [0.1, 0.15) is 11.1 Å². The molecule has 3 aromatic rings. The number of rotatable bonds is 4. The molecule has 2 heterocycles. The highest BCUT2D eigenvalue weighted by Gasteiger charge is 2.04. The van der Waals surface area contributed by atoms with Gasteiger partial charge in [0.2, 0.25) is 0 Å². The van der Waals surface area contributed by atoms with Gasteiger partial charge in [0.1, 0.15) is 5.82 Å². The molecule has 2 aromatic heterocycles. The number of benzene rings is 1. The largest absolute Gasteiger partial charge is 0.397 e. The van der Waals surface area contributed by atoms with Crippen molar-refractivity contribution in [3.63, 3.8) is 0 Å². The average molecular weight is 279 g/mol. The van der Waals surface area contributed by atoms with Crippen molar-refractivity contribution in [2.24, 2.45) is 0 Å². The minimum absolute atomic E-state index is 0.665. The van der Waals surface area contributed by atoms with Crippen molar-refractivity contribution < 1.29 is 0 Å². The lowest BCUT2D eigenvalue weighted by atomic mass is 10.2. The predicted molar refractivity (Wildman–Crippen MR) is 84.4 cm³/mol. The minimum Gasteiger partial charge on any atom is -0.397 e. The summed E-state index contributed by atoms with van der Waals surface area (Å²) in [5, 5.41) is 7.61. The van der Waals surface area contributed by atoms with E-state index in [1.165, 1.54) is 5.56 Å². The number of nitrogens with one attached hydrogen (secondary N) is 1. The first-order chi connectivity index (χ1) is 10.2. The molecule has 0 aliphatic rings. The molecular weight excluding hydrogens is 262 g/mol. The van der Waals surface area contributed by atoms with Gasteiger partial charge in [-0.2, -0.15) is 5.10 Å². The summed E-state index contributed by atoms with van der Waals surface area (Å²) in [6, 6.07) is 12.1. The summed E-state index contributed by atoms with van der Waals surface area (Å²) in [7, 11) is 0. The van der Waals surface area contributed by atoms with Crippen molar-refractivity contribution in [2.75, 3.05) is 11.1 Å². The van der Waals surface area contributed by atoms with Gasteiger partial charge in [0.15, 0.2) is 0 Å². The van der Waals surface area contributed by atoms with Gasteiger partial charge in [0.05, 0.1) is 30.3 Å². The molecule has 0 radical (unpaired) electrons. The zero-order chi connectivity index (χ0) is 14.7. The maximum Gasteiger partial charge on any atom is 0.133 e. The second-order valence-corrected chi connectivity index (χ2v) is 4.97. The third-order valence-corrected chi connectivity index (χ3v) is 3.18. The molecule has 21 heavy (non-hydrogen) atoms. The lowest BCUT2D eigenvalue weighted by molar-refractivity contribution is 0.687. The van der Waals surface area contributed by atoms with Crippen molar-refractivity contribution in [1.82, 2.24) is 14.8 Å². The van der Waals surface area contributed by atoms with E-state index >= 15 is 0 Å². The van der Waals surface area contributed by atoms with E-state index in [4.69, 9.17) is 5.73 Å². The van der Waals surface area contributed by atoms with Crippen LogP contribution >= 0.6 is 0 Å². The molecule has 0 fully saturated rings. The summed E-state index contributed by atoms with van der Waals surface area (Å²) >= 11 is 0. The molecule has 5 heteroatoms. The fraction of sp³-hybridized carbons (Fsp3) is 0.125. The zero-order valence-electron chi connectivity index (χ0n) is 11.8. The number of aryl methyl sites for hydroxylation is 1. The lowest BCUT2D eigenvalue weighted by Gasteiger charge is -2.06. The first-order valence-electron chi connectivity index (χ1n) is 6.76. The molecule has 0 bridgehead atoms. The molecule has 0 saturated heterocycles. The number of anilines is 3. The molecule has 0 aliphatic heterocycles. The third-order valence-electron chi connectivity index (χ3n) is 3.18. The smallest absolute Gasteiger partial charge is 0.133 e. The van der Waals surface area contributed by atoms with Gasteiger partial charge in [0, 0.05) is 6.20 Å². The number of aromatic nitrogens is 3. The number of nitrogens with zero attached hydrogens (tertiary/aromatic N) is 3. The van der Waals surface area contributed by atoms with Crippen molar-refractivity contribution in [2.45, 2.75) is 13.5 Å². The van der Waals surface area contributed by atoms with E-state index < -0.39 is 0 Å². The summed E-state index contributed by atoms with van der Waals surface area (Å²) in [6.45, 7) is 2.72. The Morgan fingerprint density at radius 2 is 2.00 bits per heavy atom. The van der Waals surface area contributed by atoms with Gasteiger partial charge >= 0.3 is 0 Å². The monoisotopic (exact) mass is 279 g/mol. The van der Waals surface area contributed by atoms with Crippen LogP contribution in [0, 0.1) is 6.92 Å². The van der Waals surface area contributed by atoms with Crippen LogP contribution in [-0.4, -0.2) is 14.8 Å². The van der Waals surface area contributed by atoms with Gasteiger partial charge in [0.25, 0.3) is 0 Å². The predicted octanol–water partition coefficient (Wildman–Crippen LogP) is 2.96. The van der Waals surface area contributed by atoms with Gasteiger partial charge in [-0.25, -0.2) is 4.98 Å². The first kappa shape index (κ1) is 13.2. The summed E-state index contributed by atoms with van der Waals surface area (Å²) in [5.41, 5.74) is 9.50. The quantitative estimate of drug-likeness (QED) is 0.770. The van der Waals surface area contributed by atoms with Crippen LogP contribution < -0.4 is 11.1 Å². The number of nitrogens with two attached hydrogens (primary N) is 1. The number of nitrogen functional groups attached to an aromatic ring is 1. The Morgan fingerprint density at radius 3 is 2.76 bits per heavy atom. The van der Waals surface area contributed by atoms with E-state index in [9.17, 15) is 0 Å². The molecule has 0 atom stereocenters. The van der Waals surface area contributed by atoms with Crippen LogP contribution in [0.3, 0.4) is 0 Å². The average Bonchev–Trinajstić information content (AvgIpc) is 2.90. The maximum atomic E-state index is 5.70. The van der Waals surface area contributed by atoms with Gasteiger partial charge in [-0.15, -0.1) is 0 Å². The van der Waals surface area contributed by atoms with Gasteiger partial charge in [-0.3, -0.25) is 4.68 Å². The summed E-state index contributed by atoms with van der Waals surface area (Å²) < 4.78 is 1.89. The van der Waals surface area contributed by atoms with Gasteiger partial charge in [-0.05, 0) is 24.1 Å². The van der Waals surface area contributed by atoms with E-state index in [-0.39, 0.29) is 0 Å². The third kappa shape index (κ3) is 3.20. The Labute approximate surface area is 123 Å². The van der Waals surface area contributed by atoms with Crippen LogP contribution in [0.4, 0.5) is 17.2 Å². The summed E-state index contributed by atoms with van der Waals surface area (Å²) in [6.07, 6.45) is 5.40. The number of hydrogen-bond donors (Lipinski definition) is 2. The van der Waals surface area contributed by atoms with Crippen LogP contribution in [0.25, 0.3) is 0 Å². The molecule has 5 nitrogen and oxygen atoms in total. The van der Waals surface area contributed by atoms with E-state index in [1.54, 1.807) is 12.4 Å². The highest BCUT2D eigenvalue weighted by molar-refractivity contribution is 5.59. The Morgan fingerprint density at radius 1 is 1.19 bits per heavy atom. The van der Waals surface area contributed by atoms with Gasteiger partial charge < -0.3 is 11.1 Å². The van der Waals surface area contributed by atoms with Crippen molar-refractivity contribution in [1.29, 1.82) is 0 Å². The Kier molecular flexibility index (Phi) is 3.55. The minimum atomic E-state index is 0.665. The Hall–Kier alpha value is -2.82. The standard InChI is InChI=1S/C16H17N5/c1-12-7-14(17)8-18-16(12)20-15-9-19-21(11-15)10-13-5-3-2-4-6-13/h2-9,11H,10,17H2,1H3,(H,18,20). The van der Waals surface area contributed by atoms with Crippen molar-refractivity contribution >= 4 is 17.2 Å². The van der Waals surface area contributed by atoms with E-state index in [0.29, 0.717) is 5.69 Å². The lowest BCUT2D eigenvalue weighted by Crippen LogP contribution is -2.00. The summed E-state index contributed by atoms with van der Waals surface area (Å²) in [4.78, 5) is 4.29. The normalized spacial score (nSPS) is 10.5. The van der Waals surface area contributed by atoms with E-state index in [1.807, 2.05) is 42.1 Å². The van der Waals surface area contributed by atoms with Crippen LogP contribution in [0.2, 0.25) is 0 Å². The molecule has 0 aliphatic carbocycles. The van der Waals surface area contributed by atoms with E-state index in [2.05, 4.69) is 27.5 Å². The highest BCUT2D eigenvalue weighted by Crippen LogP contribution is 2.19. The van der Waals surface area contributed by atoms with Crippen LogP contribution in [-0.2, 0) is 6.54 Å². The molecule has 0 spiro atoms. The molecule has 0 unspecified atom stereocenters. The highest BCUT2D eigenvalue weighted by atomic mass is 15.3. The van der Waals surface area contributed by atoms with Crippen LogP contribution in [0.15, 0.2) is 55.0 Å². The number of hydrogen-bond acceptors (Lipinski definition) is 4. The fourth-order valence-corrected chi connectivity index (χ4v) is 2.15. The molecule has 106 valence electrons. The molecule has 1 aromatic carbocycles. The van der Waals surface area contributed by atoms with Crippen molar-refractivity contribution in [3.05, 3.63) is 66.1 Å². The summed E-state index contributed by atoms with van der Waals surface area (Å²) in [5.74, 6) is 0.795. The van der Waals surface area contributed by atoms with Crippen molar-refractivity contribution in [3.8, 4) is 0 Å². The Bertz CT molecular complexity index is 733. The topological polar surface area (TPSA) is 68.8 Å². The maximum absolute atomic E-state index is 5.70. The second kappa shape index (κ2) is 5.66. The molecule has 0 amide bonds. The Balaban J connectivity index is 1.73. The van der Waals surface area contributed by atoms with E-state index in [0.717, 1.165) is 23.6 Å². The zero-order valence-corrected chi connectivity index (χ0v) is 11.8. The number of pyridine rings is 1. The first-order valence-corrected chi connectivity index (χ1v) is 6.76. The SMILES string of the molecule is Cc1cc(N)cnc1Nc1cnn(Cc2ccccc2)c1.